The quantitative estimate of drug-likeness (QED) is 0.651. The highest BCUT2D eigenvalue weighted by Gasteiger charge is 2.32. The molecular weight excluding hydrogens is 388 g/mol. The molecule has 0 atom stereocenters. The first-order chi connectivity index (χ1) is 14.9. The van der Waals surface area contributed by atoms with Gasteiger partial charge in [-0.15, -0.1) is 0 Å². The van der Waals surface area contributed by atoms with E-state index in [9.17, 15) is 5.11 Å². The van der Waals surface area contributed by atoms with Crippen LogP contribution < -0.4 is 4.74 Å². The van der Waals surface area contributed by atoms with E-state index in [4.69, 9.17) is 14.5 Å². The van der Waals surface area contributed by atoms with Crippen molar-refractivity contribution in [2.24, 2.45) is 4.99 Å². The number of methoxy groups -OCH3 is 1. The van der Waals surface area contributed by atoms with Gasteiger partial charge in [-0.3, -0.25) is 0 Å². The van der Waals surface area contributed by atoms with Crippen LogP contribution >= 0.6 is 0 Å². The Bertz CT molecular complexity index is 941. The molecular formula is C26H34N2O3. The van der Waals surface area contributed by atoms with Crippen molar-refractivity contribution in [2.45, 2.75) is 77.5 Å². The molecule has 2 aromatic rings. The minimum Gasteiger partial charge on any atom is -0.505 e. The summed E-state index contributed by atoms with van der Waals surface area (Å²) in [6, 6.07) is 13.4. The summed E-state index contributed by atoms with van der Waals surface area (Å²) >= 11 is 0. The molecule has 1 N–H and O–H groups in total. The van der Waals surface area contributed by atoms with Crippen LogP contribution in [0.2, 0.25) is 0 Å². The zero-order valence-corrected chi connectivity index (χ0v) is 19.1. The van der Waals surface area contributed by atoms with Crippen LogP contribution in [0.1, 0.15) is 69.6 Å². The summed E-state index contributed by atoms with van der Waals surface area (Å²) < 4.78 is 11.8. The van der Waals surface area contributed by atoms with Crippen LogP contribution in [0.3, 0.4) is 0 Å². The van der Waals surface area contributed by atoms with Crippen molar-refractivity contribution in [3.63, 3.8) is 0 Å². The fourth-order valence-electron chi connectivity index (χ4n) is 4.63. The lowest BCUT2D eigenvalue weighted by molar-refractivity contribution is 0.155. The molecule has 0 aromatic heterocycles. The lowest BCUT2D eigenvalue weighted by Crippen LogP contribution is -2.42. The number of amidine groups is 1. The third-order valence-electron chi connectivity index (χ3n) is 6.38. The van der Waals surface area contributed by atoms with E-state index in [0.29, 0.717) is 30.1 Å². The van der Waals surface area contributed by atoms with Crippen molar-refractivity contribution in [3.8, 4) is 11.5 Å². The molecule has 2 aliphatic rings. The normalized spacial score (nSPS) is 16.8. The number of nitrogens with zero attached hydrogens (tertiary/aromatic N) is 2. The van der Waals surface area contributed by atoms with E-state index in [1.165, 1.54) is 24.8 Å². The summed E-state index contributed by atoms with van der Waals surface area (Å²) in [4.78, 5) is 7.19. The van der Waals surface area contributed by atoms with Crippen LogP contribution in [-0.4, -0.2) is 29.2 Å². The predicted molar refractivity (Wildman–Crippen MR) is 124 cm³/mol. The zero-order chi connectivity index (χ0) is 22.0. The van der Waals surface area contributed by atoms with Gasteiger partial charge in [-0.2, -0.15) is 4.99 Å². The van der Waals surface area contributed by atoms with Crippen LogP contribution in [-0.2, 0) is 23.3 Å². The van der Waals surface area contributed by atoms with Gasteiger partial charge in [0.2, 0.25) is 0 Å². The molecule has 1 aliphatic heterocycles. The second kappa shape index (κ2) is 8.81. The number of ether oxygens (including phenoxy) is 2. The van der Waals surface area contributed by atoms with E-state index < -0.39 is 0 Å². The molecule has 1 heterocycles. The maximum atomic E-state index is 11.2. The molecule has 5 heteroatoms. The highest BCUT2D eigenvalue weighted by Crippen LogP contribution is 2.46. The van der Waals surface area contributed by atoms with Gasteiger partial charge in [0.25, 0.3) is 6.02 Å². The molecule has 0 saturated heterocycles. The average molecular weight is 423 g/mol. The standard InChI is InChI=1S/C26H34N2O3/c1-26(2,3)21-15-22(30-4)20-17-31-25(27-23(20)24(21)29)28(19-13-9-6-10-14-19)16-18-11-7-5-8-12-18/h5,7-8,11-12,15,19,29H,6,9-10,13-14,16-17H2,1-4H3. The number of phenols is 1. The van der Waals surface area contributed by atoms with Crippen LogP contribution in [0.4, 0.5) is 5.69 Å². The molecule has 31 heavy (non-hydrogen) atoms. The summed E-state index contributed by atoms with van der Waals surface area (Å²) in [5.41, 5.74) is 3.23. The number of aliphatic imine (C=N–C) groups is 1. The molecule has 0 unspecified atom stereocenters. The van der Waals surface area contributed by atoms with E-state index in [-0.39, 0.29) is 11.2 Å². The Kier molecular flexibility index (Phi) is 6.12. The van der Waals surface area contributed by atoms with E-state index in [2.05, 4.69) is 49.9 Å². The van der Waals surface area contributed by atoms with Gasteiger partial charge in [0.1, 0.15) is 23.8 Å². The molecule has 4 rings (SSSR count). The van der Waals surface area contributed by atoms with E-state index in [1.54, 1.807) is 7.11 Å². The number of hydrogen-bond acceptors (Lipinski definition) is 5. The van der Waals surface area contributed by atoms with Crippen LogP contribution in [0.15, 0.2) is 41.4 Å². The zero-order valence-electron chi connectivity index (χ0n) is 19.1. The Balaban J connectivity index is 1.77. The summed E-state index contributed by atoms with van der Waals surface area (Å²) in [6.07, 6.45) is 6.03. The molecule has 1 saturated carbocycles. The molecule has 1 fully saturated rings. The molecule has 0 amide bonds. The Labute approximate surface area is 185 Å². The summed E-state index contributed by atoms with van der Waals surface area (Å²) in [5, 5.41) is 11.2. The lowest BCUT2D eigenvalue weighted by atomic mass is 9.84. The first-order valence-electron chi connectivity index (χ1n) is 11.3. The van der Waals surface area contributed by atoms with Crippen molar-refractivity contribution in [3.05, 3.63) is 53.1 Å². The second-order valence-electron chi connectivity index (χ2n) is 9.64. The lowest BCUT2D eigenvalue weighted by Gasteiger charge is -2.37. The predicted octanol–water partition coefficient (Wildman–Crippen LogP) is 6.05. The average Bonchev–Trinajstić information content (AvgIpc) is 2.78. The SMILES string of the molecule is COc1cc(C(C)(C)C)c(O)c2c1COC(N(Cc1ccccc1)C1CCCCC1)=N2. The fraction of sp³-hybridized carbons (Fsp3) is 0.500. The maximum Gasteiger partial charge on any atom is 0.293 e. The largest absolute Gasteiger partial charge is 0.505 e. The van der Waals surface area contributed by atoms with Crippen molar-refractivity contribution < 1.29 is 14.6 Å². The third kappa shape index (κ3) is 4.51. The minimum absolute atomic E-state index is 0.229. The molecule has 1 aliphatic carbocycles. The monoisotopic (exact) mass is 422 g/mol. The topological polar surface area (TPSA) is 54.3 Å². The molecule has 2 aromatic carbocycles. The van der Waals surface area contributed by atoms with E-state index in [1.807, 2.05) is 12.1 Å². The highest BCUT2D eigenvalue weighted by atomic mass is 16.5. The Hall–Kier alpha value is -2.69. The molecule has 5 nitrogen and oxygen atoms in total. The number of hydrogen-bond donors (Lipinski definition) is 1. The number of rotatable bonds is 4. The van der Waals surface area contributed by atoms with Crippen molar-refractivity contribution in [1.29, 1.82) is 0 Å². The molecule has 166 valence electrons. The number of fused-ring (bicyclic) bond motifs is 1. The Morgan fingerprint density at radius 1 is 1.13 bits per heavy atom. The second-order valence-corrected chi connectivity index (χ2v) is 9.64. The van der Waals surface area contributed by atoms with E-state index in [0.717, 1.165) is 30.5 Å². The summed E-state index contributed by atoms with van der Waals surface area (Å²) in [5.74, 6) is 0.945. The van der Waals surface area contributed by atoms with Gasteiger partial charge >= 0.3 is 0 Å². The van der Waals surface area contributed by atoms with Crippen LogP contribution in [0, 0.1) is 0 Å². The van der Waals surface area contributed by atoms with Crippen molar-refractivity contribution >= 4 is 11.7 Å². The number of aromatic hydroxyl groups is 1. The number of phenolic OH excluding ortho intramolecular Hbond substituents is 1. The summed E-state index contributed by atoms with van der Waals surface area (Å²) in [6.45, 7) is 7.34. The van der Waals surface area contributed by atoms with Gasteiger partial charge in [-0.05, 0) is 29.9 Å². The number of benzene rings is 2. The fourth-order valence-corrected chi connectivity index (χ4v) is 4.63. The van der Waals surface area contributed by atoms with Gasteiger partial charge < -0.3 is 19.5 Å². The minimum atomic E-state index is -0.229. The van der Waals surface area contributed by atoms with Crippen LogP contribution in [0.5, 0.6) is 11.5 Å². The highest BCUT2D eigenvalue weighted by molar-refractivity contribution is 5.83. The summed E-state index contributed by atoms with van der Waals surface area (Å²) in [7, 11) is 1.65. The molecule has 0 radical (unpaired) electrons. The van der Waals surface area contributed by atoms with Crippen molar-refractivity contribution in [2.75, 3.05) is 7.11 Å². The Morgan fingerprint density at radius 3 is 2.48 bits per heavy atom. The smallest absolute Gasteiger partial charge is 0.293 e. The van der Waals surface area contributed by atoms with Gasteiger partial charge in [0.15, 0.2) is 0 Å². The molecule has 0 spiro atoms. The van der Waals surface area contributed by atoms with Gasteiger partial charge in [0, 0.05) is 18.2 Å². The first kappa shape index (κ1) is 21.5. The third-order valence-corrected chi connectivity index (χ3v) is 6.38. The van der Waals surface area contributed by atoms with Crippen LogP contribution in [0.25, 0.3) is 0 Å². The van der Waals surface area contributed by atoms with Crippen molar-refractivity contribution in [1.82, 2.24) is 4.90 Å². The van der Waals surface area contributed by atoms with E-state index >= 15 is 0 Å². The maximum absolute atomic E-state index is 11.2. The van der Waals surface area contributed by atoms with Gasteiger partial charge in [0.05, 0.1) is 12.7 Å². The van der Waals surface area contributed by atoms with Gasteiger partial charge in [-0.1, -0.05) is 70.4 Å². The van der Waals surface area contributed by atoms with Gasteiger partial charge in [-0.25, -0.2) is 0 Å². The first-order valence-corrected chi connectivity index (χ1v) is 11.3. The molecule has 0 bridgehead atoms. The Morgan fingerprint density at radius 2 is 1.84 bits per heavy atom.